The van der Waals surface area contributed by atoms with Crippen LogP contribution in [0.2, 0.25) is 5.02 Å². The fraction of sp³-hybridized carbons (Fsp3) is 0.238. The summed E-state index contributed by atoms with van der Waals surface area (Å²) in [6.07, 6.45) is -9.21. The lowest BCUT2D eigenvalue weighted by Crippen LogP contribution is -2.17. The van der Waals surface area contributed by atoms with Gasteiger partial charge in [0.05, 0.1) is 16.3 Å². The normalized spacial score (nSPS) is 11.9. The molecule has 0 atom stereocenters. The number of ether oxygens (including phenoxy) is 1. The predicted molar refractivity (Wildman–Crippen MR) is 114 cm³/mol. The first-order valence-electron chi connectivity index (χ1n) is 9.68. The third kappa shape index (κ3) is 7.12. The first-order chi connectivity index (χ1) is 15.9. The van der Waals surface area contributed by atoms with Gasteiger partial charge in [-0.05, 0) is 36.8 Å². The lowest BCUT2D eigenvalue weighted by atomic mass is 10.1. The van der Waals surface area contributed by atoms with Crippen LogP contribution < -0.4 is 15.4 Å². The Kier molecular flexibility index (Phi) is 7.72. The van der Waals surface area contributed by atoms with Crippen molar-refractivity contribution in [2.75, 3.05) is 23.8 Å². The fourth-order valence-electron chi connectivity index (χ4n) is 2.84. The standard InChI is InChI=1S/C21H17ClF6N4O2/c22-16-6-5-13(10-15(16)20(23,24)25)30-18-11-17(31-19(32-18)29-7-2-8-33)12-3-1-4-14(9-12)34-21(26,27)28/h1,3-6,9-11,33H,2,7-8H2,(H2,29,30,31,32). The zero-order valence-corrected chi connectivity index (χ0v) is 17.9. The molecule has 0 saturated carbocycles. The van der Waals surface area contributed by atoms with Crippen molar-refractivity contribution in [2.24, 2.45) is 0 Å². The minimum Gasteiger partial charge on any atom is -0.406 e. The number of hydrogen-bond acceptors (Lipinski definition) is 6. The van der Waals surface area contributed by atoms with Crippen molar-refractivity contribution >= 4 is 29.1 Å². The minimum atomic E-state index is -4.89. The molecule has 0 fully saturated rings. The lowest BCUT2D eigenvalue weighted by Gasteiger charge is -2.14. The Balaban J connectivity index is 1.98. The number of hydrogen-bond donors (Lipinski definition) is 3. The topological polar surface area (TPSA) is 79.3 Å². The molecule has 6 nitrogen and oxygen atoms in total. The van der Waals surface area contributed by atoms with Crippen LogP contribution in [0.1, 0.15) is 12.0 Å². The van der Waals surface area contributed by atoms with Crippen LogP contribution in [0.25, 0.3) is 11.3 Å². The molecule has 0 aliphatic rings. The van der Waals surface area contributed by atoms with Gasteiger partial charge in [0.25, 0.3) is 0 Å². The molecule has 1 aromatic heterocycles. The highest BCUT2D eigenvalue weighted by Crippen LogP contribution is 2.37. The second-order valence-corrected chi connectivity index (χ2v) is 7.27. The van der Waals surface area contributed by atoms with Crippen LogP contribution in [0.5, 0.6) is 5.75 Å². The number of rotatable bonds is 8. The van der Waals surface area contributed by atoms with Crippen molar-refractivity contribution in [3.05, 3.63) is 59.1 Å². The van der Waals surface area contributed by atoms with Gasteiger partial charge in [-0.25, -0.2) is 4.98 Å². The van der Waals surface area contributed by atoms with E-state index in [-0.39, 0.29) is 41.9 Å². The van der Waals surface area contributed by atoms with Crippen LogP contribution in [-0.4, -0.2) is 34.6 Å². The van der Waals surface area contributed by atoms with Gasteiger partial charge in [0.2, 0.25) is 5.95 Å². The zero-order chi connectivity index (χ0) is 24.9. The van der Waals surface area contributed by atoms with Gasteiger partial charge in [-0.1, -0.05) is 23.7 Å². The molecule has 0 saturated heterocycles. The van der Waals surface area contributed by atoms with E-state index < -0.39 is 28.9 Å². The average Bonchev–Trinajstić information content (AvgIpc) is 2.73. The van der Waals surface area contributed by atoms with Gasteiger partial charge in [0.1, 0.15) is 11.6 Å². The Morgan fingerprint density at radius 3 is 2.41 bits per heavy atom. The molecule has 0 aliphatic heterocycles. The van der Waals surface area contributed by atoms with E-state index in [4.69, 9.17) is 16.7 Å². The molecule has 13 heteroatoms. The molecule has 0 unspecified atom stereocenters. The first-order valence-corrected chi connectivity index (χ1v) is 10.1. The number of aliphatic hydroxyl groups is 1. The molecule has 1 heterocycles. The Morgan fingerprint density at radius 2 is 1.74 bits per heavy atom. The predicted octanol–water partition coefficient (Wildman–Crippen LogP) is 6.25. The van der Waals surface area contributed by atoms with Crippen LogP contribution >= 0.6 is 11.6 Å². The summed E-state index contributed by atoms with van der Waals surface area (Å²) >= 11 is 5.65. The van der Waals surface area contributed by atoms with Crippen molar-refractivity contribution in [2.45, 2.75) is 19.0 Å². The highest BCUT2D eigenvalue weighted by Gasteiger charge is 2.33. The number of anilines is 3. The van der Waals surface area contributed by atoms with Gasteiger partial charge in [-0.3, -0.25) is 0 Å². The molecule has 0 spiro atoms. The number of aliphatic hydroxyl groups excluding tert-OH is 1. The second-order valence-electron chi connectivity index (χ2n) is 6.86. The summed E-state index contributed by atoms with van der Waals surface area (Å²) in [4.78, 5) is 8.43. The van der Waals surface area contributed by atoms with Crippen molar-refractivity contribution < 1.29 is 36.2 Å². The Hall–Kier alpha value is -3.25. The number of nitrogens with one attached hydrogen (secondary N) is 2. The summed E-state index contributed by atoms with van der Waals surface area (Å²) in [5.41, 5.74) is -0.616. The van der Waals surface area contributed by atoms with E-state index in [2.05, 4.69) is 25.3 Å². The molecule has 0 radical (unpaired) electrons. The van der Waals surface area contributed by atoms with Crippen LogP contribution in [0.3, 0.4) is 0 Å². The molecule has 2 aromatic carbocycles. The highest BCUT2D eigenvalue weighted by molar-refractivity contribution is 6.31. The quantitative estimate of drug-likeness (QED) is 0.247. The Labute approximate surface area is 194 Å². The molecule has 3 rings (SSSR count). The summed E-state index contributed by atoms with van der Waals surface area (Å²) in [5, 5.41) is 14.1. The van der Waals surface area contributed by atoms with E-state index in [0.29, 0.717) is 6.42 Å². The van der Waals surface area contributed by atoms with Gasteiger partial charge in [0.15, 0.2) is 0 Å². The smallest absolute Gasteiger partial charge is 0.406 e. The van der Waals surface area contributed by atoms with Crippen LogP contribution in [0.15, 0.2) is 48.5 Å². The minimum absolute atomic E-state index is 0.0249. The Morgan fingerprint density at radius 1 is 0.971 bits per heavy atom. The van der Waals surface area contributed by atoms with E-state index >= 15 is 0 Å². The monoisotopic (exact) mass is 506 g/mol. The van der Waals surface area contributed by atoms with E-state index in [1.807, 2.05) is 0 Å². The maximum absolute atomic E-state index is 13.2. The lowest BCUT2D eigenvalue weighted by molar-refractivity contribution is -0.274. The van der Waals surface area contributed by atoms with Crippen LogP contribution in [0.4, 0.5) is 43.8 Å². The second kappa shape index (κ2) is 10.3. The summed E-state index contributed by atoms with van der Waals surface area (Å²) in [6, 6.07) is 9.59. The zero-order valence-electron chi connectivity index (χ0n) is 17.1. The molecule has 0 amide bonds. The molecular weight excluding hydrogens is 490 g/mol. The van der Waals surface area contributed by atoms with Crippen molar-refractivity contribution in [3.8, 4) is 17.0 Å². The fourth-order valence-corrected chi connectivity index (χ4v) is 3.06. The van der Waals surface area contributed by atoms with Gasteiger partial charge in [-0.2, -0.15) is 18.2 Å². The number of aromatic nitrogens is 2. The van der Waals surface area contributed by atoms with Crippen molar-refractivity contribution in [1.82, 2.24) is 9.97 Å². The summed E-state index contributed by atoms with van der Waals surface area (Å²) < 4.78 is 81.2. The van der Waals surface area contributed by atoms with Crippen molar-refractivity contribution in [1.29, 1.82) is 0 Å². The average molecular weight is 507 g/mol. The summed E-state index contributed by atoms with van der Waals surface area (Å²) in [7, 11) is 0. The van der Waals surface area contributed by atoms with Crippen LogP contribution in [-0.2, 0) is 6.18 Å². The van der Waals surface area contributed by atoms with Gasteiger partial charge in [-0.15, -0.1) is 13.2 Å². The molecule has 182 valence electrons. The summed E-state index contributed by atoms with van der Waals surface area (Å²) in [5.74, 6) is -0.366. The van der Waals surface area contributed by atoms with Gasteiger partial charge in [0, 0.05) is 30.5 Å². The van der Waals surface area contributed by atoms with E-state index in [1.54, 1.807) is 0 Å². The third-order valence-corrected chi connectivity index (χ3v) is 4.58. The maximum Gasteiger partial charge on any atom is 0.573 e. The number of halogens is 7. The number of alkyl halides is 6. The summed E-state index contributed by atoms with van der Waals surface area (Å²) in [6.45, 7) is 0.162. The molecule has 0 aliphatic carbocycles. The SMILES string of the molecule is OCCCNc1nc(Nc2ccc(Cl)c(C(F)(F)F)c2)cc(-c2cccc(OC(F)(F)F)c2)n1. The maximum atomic E-state index is 13.2. The molecular formula is C21H17ClF6N4O2. The largest absolute Gasteiger partial charge is 0.573 e. The van der Waals surface area contributed by atoms with Gasteiger partial charge >= 0.3 is 12.5 Å². The van der Waals surface area contributed by atoms with E-state index in [0.717, 1.165) is 24.3 Å². The van der Waals surface area contributed by atoms with E-state index in [1.165, 1.54) is 24.3 Å². The van der Waals surface area contributed by atoms with Gasteiger partial charge < -0.3 is 20.5 Å². The number of nitrogens with zero attached hydrogens (tertiary/aromatic N) is 2. The third-order valence-electron chi connectivity index (χ3n) is 4.25. The molecule has 0 bridgehead atoms. The molecule has 3 aromatic rings. The number of benzene rings is 2. The van der Waals surface area contributed by atoms with E-state index in [9.17, 15) is 26.3 Å². The highest BCUT2D eigenvalue weighted by atomic mass is 35.5. The van der Waals surface area contributed by atoms with Crippen molar-refractivity contribution in [3.63, 3.8) is 0 Å². The Bertz CT molecular complexity index is 1140. The molecule has 3 N–H and O–H groups in total. The first kappa shape index (κ1) is 25.4. The van der Waals surface area contributed by atoms with Crippen LogP contribution in [0, 0.1) is 0 Å². The molecule has 34 heavy (non-hydrogen) atoms.